The van der Waals surface area contributed by atoms with Gasteiger partial charge < -0.3 is 20.3 Å². The van der Waals surface area contributed by atoms with Crippen molar-refractivity contribution in [3.05, 3.63) is 22.4 Å². The molecule has 1 amide bonds. The van der Waals surface area contributed by atoms with Crippen LogP contribution in [-0.4, -0.2) is 73.3 Å². The van der Waals surface area contributed by atoms with Crippen molar-refractivity contribution in [1.82, 2.24) is 20.4 Å². The van der Waals surface area contributed by atoms with Gasteiger partial charge in [0.1, 0.15) is 5.60 Å². The molecule has 2 atom stereocenters. The lowest BCUT2D eigenvalue weighted by atomic mass is 10.2. The van der Waals surface area contributed by atoms with Gasteiger partial charge in [-0.15, -0.1) is 35.3 Å². The molecule has 7 nitrogen and oxygen atoms in total. The Hall–Kier alpha value is -1.07. The van der Waals surface area contributed by atoms with E-state index >= 15 is 0 Å². The molecule has 0 aliphatic carbocycles. The van der Waals surface area contributed by atoms with E-state index in [1.165, 1.54) is 17.7 Å². The fraction of sp³-hybridized carbons (Fsp3) is 0.714. The normalized spacial score (nSPS) is 21.3. The fourth-order valence-electron chi connectivity index (χ4n) is 4.01. The topological polar surface area (TPSA) is 69.2 Å². The molecule has 1 aromatic heterocycles. The Morgan fingerprint density at radius 3 is 2.67 bits per heavy atom. The van der Waals surface area contributed by atoms with Crippen LogP contribution in [0.3, 0.4) is 0 Å². The third-order valence-electron chi connectivity index (χ3n) is 5.33. The molecule has 2 aliphatic rings. The first-order valence-corrected chi connectivity index (χ1v) is 11.5. The van der Waals surface area contributed by atoms with Crippen LogP contribution in [-0.2, 0) is 4.74 Å². The summed E-state index contributed by atoms with van der Waals surface area (Å²) >= 11 is 1.82. The van der Waals surface area contributed by atoms with Crippen molar-refractivity contribution in [2.45, 2.75) is 57.7 Å². The standard InChI is InChI=1S/C21H35N5O2S.HI/c1-21(2,3)28-20(27)24-16-9-12-26(15-16)19(22-4)23-14-17(18-8-7-13-29-18)25-10-5-6-11-25;/h7-8,13,16-17H,5-6,9-12,14-15H2,1-4H3,(H,22,23)(H,24,27);1H. The first-order chi connectivity index (χ1) is 13.9. The highest BCUT2D eigenvalue weighted by Crippen LogP contribution is 2.28. The van der Waals surface area contributed by atoms with Gasteiger partial charge in [0.15, 0.2) is 5.96 Å². The second kappa shape index (κ2) is 11.5. The van der Waals surface area contributed by atoms with Gasteiger partial charge in [0.25, 0.3) is 0 Å². The first-order valence-electron chi connectivity index (χ1n) is 10.6. The molecule has 0 saturated carbocycles. The largest absolute Gasteiger partial charge is 0.444 e. The molecule has 0 spiro atoms. The predicted octanol–water partition coefficient (Wildman–Crippen LogP) is 3.68. The molecule has 2 saturated heterocycles. The molecule has 3 rings (SSSR count). The van der Waals surface area contributed by atoms with E-state index in [2.05, 4.69) is 42.9 Å². The van der Waals surface area contributed by atoms with Gasteiger partial charge >= 0.3 is 6.09 Å². The van der Waals surface area contributed by atoms with Gasteiger partial charge in [0.2, 0.25) is 0 Å². The molecule has 3 heterocycles. The number of nitrogens with zero attached hydrogens (tertiary/aromatic N) is 3. The minimum atomic E-state index is -0.480. The van der Waals surface area contributed by atoms with Crippen molar-refractivity contribution in [3.63, 3.8) is 0 Å². The minimum Gasteiger partial charge on any atom is -0.444 e. The molecule has 2 unspecified atom stereocenters. The minimum absolute atomic E-state index is 0. The average molecular weight is 550 g/mol. The Labute approximate surface area is 201 Å². The van der Waals surface area contributed by atoms with Crippen LogP contribution in [0.5, 0.6) is 0 Å². The third-order valence-corrected chi connectivity index (χ3v) is 6.30. The number of carbonyl (C=O) groups excluding carboxylic acids is 1. The second-order valence-corrected chi connectivity index (χ2v) is 9.76. The number of carbonyl (C=O) groups is 1. The predicted molar refractivity (Wildman–Crippen MR) is 134 cm³/mol. The summed E-state index contributed by atoms with van der Waals surface area (Å²) in [6, 6.07) is 4.82. The zero-order valence-corrected chi connectivity index (χ0v) is 21.7. The number of hydrogen-bond acceptors (Lipinski definition) is 5. The van der Waals surface area contributed by atoms with Crippen molar-refractivity contribution in [2.75, 3.05) is 39.8 Å². The first kappa shape index (κ1) is 25.2. The van der Waals surface area contributed by atoms with Gasteiger partial charge in [0, 0.05) is 31.6 Å². The van der Waals surface area contributed by atoms with Crippen LogP contribution in [0.15, 0.2) is 22.5 Å². The van der Waals surface area contributed by atoms with Crippen molar-refractivity contribution >= 4 is 47.4 Å². The summed E-state index contributed by atoms with van der Waals surface area (Å²) in [4.78, 5) is 22.7. The summed E-state index contributed by atoms with van der Waals surface area (Å²) in [5, 5.41) is 8.72. The molecule has 9 heteroatoms. The second-order valence-electron chi connectivity index (χ2n) is 8.78. The number of alkyl carbamates (subject to hydrolysis) is 1. The number of rotatable bonds is 5. The van der Waals surface area contributed by atoms with Crippen LogP contribution in [0.1, 0.15) is 51.0 Å². The van der Waals surface area contributed by atoms with Crippen LogP contribution < -0.4 is 10.6 Å². The summed E-state index contributed by atoms with van der Waals surface area (Å²) in [6.45, 7) is 10.4. The number of nitrogens with one attached hydrogen (secondary N) is 2. The van der Waals surface area contributed by atoms with E-state index in [4.69, 9.17) is 4.74 Å². The van der Waals surface area contributed by atoms with E-state index in [0.717, 1.165) is 45.1 Å². The lowest BCUT2D eigenvalue weighted by Crippen LogP contribution is -2.46. The molecule has 2 N–H and O–H groups in total. The molecule has 2 fully saturated rings. The SMILES string of the molecule is CN=C(NCC(c1cccs1)N1CCCC1)N1CCC(NC(=O)OC(C)(C)C)C1.I. The maximum absolute atomic E-state index is 12.1. The van der Waals surface area contributed by atoms with Gasteiger partial charge in [-0.25, -0.2) is 4.79 Å². The summed E-state index contributed by atoms with van der Waals surface area (Å²) < 4.78 is 5.38. The van der Waals surface area contributed by atoms with Gasteiger partial charge in [-0.05, 0) is 64.6 Å². The smallest absolute Gasteiger partial charge is 0.407 e. The molecule has 0 bridgehead atoms. The molecule has 30 heavy (non-hydrogen) atoms. The van der Waals surface area contributed by atoms with Crippen LogP contribution in [0.2, 0.25) is 0 Å². The van der Waals surface area contributed by atoms with Gasteiger partial charge in [0.05, 0.1) is 12.1 Å². The van der Waals surface area contributed by atoms with E-state index in [-0.39, 0.29) is 36.1 Å². The number of aliphatic imine (C=N–C) groups is 1. The van der Waals surface area contributed by atoms with Crippen LogP contribution >= 0.6 is 35.3 Å². The Morgan fingerprint density at radius 2 is 2.07 bits per heavy atom. The van der Waals surface area contributed by atoms with Gasteiger partial charge in [-0.3, -0.25) is 9.89 Å². The number of halogens is 1. The Morgan fingerprint density at radius 1 is 1.33 bits per heavy atom. The average Bonchev–Trinajstić information content (AvgIpc) is 3.39. The molecule has 2 aliphatic heterocycles. The summed E-state index contributed by atoms with van der Waals surface area (Å²) in [6.07, 6.45) is 3.10. The zero-order chi connectivity index (χ0) is 20.9. The lowest BCUT2D eigenvalue weighted by Gasteiger charge is -2.29. The van der Waals surface area contributed by atoms with E-state index < -0.39 is 5.60 Å². The third kappa shape index (κ3) is 7.26. The van der Waals surface area contributed by atoms with E-state index in [1.54, 1.807) is 0 Å². The molecule has 0 radical (unpaired) electrons. The number of thiophene rings is 1. The molecule has 1 aromatic rings. The molecule has 170 valence electrons. The van der Waals surface area contributed by atoms with Crippen molar-refractivity contribution in [1.29, 1.82) is 0 Å². The van der Waals surface area contributed by atoms with Crippen molar-refractivity contribution < 1.29 is 9.53 Å². The van der Waals surface area contributed by atoms with Gasteiger partial charge in [-0.2, -0.15) is 0 Å². The zero-order valence-electron chi connectivity index (χ0n) is 18.5. The number of likely N-dealkylation sites (tertiary alicyclic amines) is 2. The Kier molecular flexibility index (Phi) is 9.67. The molecule has 0 aromatic carbocycles. The molecular formula is C21H36IN5O2S. The number of ether oxygens (including phenoxy) is 1. The highest BCUT2D eigenvalue weighted by atomic mass is 127. The number of hydrogen-bond donors (Lipinski definition) is 2. The van der Waals surface area contributed by atoms with Crippen LogP contribution in [0.25, 0.3) is 0 Å². The van der Waals surface area contributed by atoms with Crippen LogP contribution in [0, 0.1) is 0 Å². The lowest BCUT2D eigenvalue weighted by molar-refractivity contribution is 0.0507. The fourth-order valence-corrected chi connectivity index (χ4v) is 4.87. The van der Waals surface area contributed by atoms with Crippen molar-refractivity contribution in [2.24, 2.45) is 4.99 Å². The van der Waals surface area contributed by atoms with E-state index in [9.17, 15) is 4.79 Å². The van der Waals surface area contributed by atoms with Gasteiger partial charge in [-0.1, -0.05) is 6.07 Å². The monoisotopic (exact) mass is 549 g/mol. The van der Waals surface area contributed by atoms with Crippen LogP contribution in [0.4, 0.5) is 4.79 Å². The highest BCUT2D eigenvalue weighted by molar-refractivity contribution is 14.0. The quantitative estimate of drug-likeness (QED) is 0.333. The Balaban J connectivity index is 0.00000320. The Bertz CT molecular complexity index is 686. The van der Waals surface area contributed by atoms with Crippen molar-refractivity contribution in [3.8, 4) is 0 Å². The maximum atomic E-state index is 12.1. The number of amides is 1. The van der Waals surface area contributed by atoms with E-state index in [0.29, 0.717) is 6.04 Å². The van der Waals surface area contributed by atoms with E-state index in [1.807, 2.05) is 39.2 Å². The highest BCUT2D eigenvalue weighted by Gasteiger charge is 2.29. The maximum Gasteiger partial charge on any atom is 0.407 e. The summed E-state index contributed by atoms with van der Waals surface area (Å²) in [5.41, 5.74) is -0.480. The summed E-state index contributed by atoms with van der Waals surface area (Å²) in [5.74, 6) is 0.902. The number of guanidine groups is 1. The molecular weight excluding hydrogens is 513 g/mol. The summed E-state index contributed by atoms with van der Waals surface area (Å²) in [7, 11) is 1.83.